The van der Waals surface area contributed by atoms with Gasteiger partial charge in [-0.25, -0.2) is 9.55 Å². The van der Waals surface area contributed by atoms with Gasteiger partial charge in [0.1, 0.15) is 24.0 Å². The van der Waals surface area contributed by atoms with Crippen LogP contribution in [0.3, 0.4) is 0 Å². The van der Waals surface area contributed by atoms with Crippen LogP contribution in [-0.4, -0.2) is 74.7 Å². The summed E-state index contributed by atoms with van der Waals surface area (Å²) in [7, 11) is -2.79. The third-order valence-corrected chi connectivity index (χ3v) is 7.96. The largest absolute Gasteiger partial charge is 0.479 e. The molecule has 15 nitrogen and oxygen atoms in total. The lowest BCUT2D eigenvalue weighted by molar-refractivity contribution is -0.146. The number of esters is 1. The quantitative estimate of drug-likeness (QED) is 0.174. The topological polar surface area (TPSA) is 208 Å². The van der Waals surface area contributed by atoms with Crippen LogP contribution < -0.4 is 25.8 Å². The number of nitrogen functional groups attached to an aromatic ring is 1. The average molecular weight is 594 g/mol. The second kappa shape index (κ2) is 12.3. The van der Waals surface area contributed by atoms with Crippen molar-refractivity contribution in [1.29, 1.82) is 0 Å². The number of nitrogens with two attached hydrogens (primary N) is 2. The third-order valence-electron chi connectivity index (χ3n) is 6.32. The summed E-state index contributed by atoms with van der Waals surface area (Å²) in [6, 6.07) is 7.27. The van der Waals surface area contributed by atoms with Crippen LogP contribution in [-0.2, 0) is 23.4 Å². The molecule has 1 aliphatic rings. The number of hydrogen-bond acceptors (Lipinski definition) is 13. The number of aromatic nitrogens is 4. The smallest absolute Gasteiger partial charge is 0.459 e. The predicted octanol–water partition coefficient (Wildman–Crippen LogP) is 1.77. The van der Waals surface area contributed by atoms with Gasteiger partial charge in [-0.2, -0.15) is 15.1 Å². The number of carbonyl (C=O) groups excluding carboxylic acids is 1. The number of nitrogens with zero attached hydrogens (tertiary/aromatic N) is 4. The molecule has 41 heavy (non-hydrogen) atoms. The Kier molecular flexibility index (Phi) is 9.16. The minimum Gasteiger partial charge on any atom is -0.479 e. The molecule has 224 valence electrons. The van der Waals surface area contributed by atoms with Crippen molar-refractivity contribution in [1.82, 2.24) is 24.6 Å². The van der Waals surface area contributed by atoms with Crippen LogP contribution in [0.1, 0.15) is 33.9 Å². The van der Waals surface area contributed by atoms with Crippen molar-refractivity contribution in [3.05, 3.63) is 36.7 Å². The fourth-order valence-electron chi connectivity index (χ4n) is 4.19. The molecule has 0 radical (unpaired) electrons. The Balaban J connectivity index is 1.54. The molecule has 0 bridgehead atoms. The minimum atomic E-state index is -4.21. The van der Waals surface area contributed by atoms with Gasteiger partial charge in [0.05, 0.1) is 32.2 Å². The van der Waals surface area contributed by atoms with E-state index in [0.717, 1.165) is 0 Å². The molecule has 4 rings (SSSR count). The van der Waals surface area contributed by atoms with E-state index in [-0.39, 0.29) is 35.7 Å². The molecular formula is C25H36N7O8P. The third kappa shape index (κ3) is 6.77. The van der Waals surface area contributed by atoms with Crippen LogP contribution >= 0.6 is 7.75 Å². The van der Waals surface area contributed by atoms with E-state index < -0.39 is 50.3 Å². The molecule has 1 aromatic carbocycles. The van der Waals surface area contributed by atoms with E-state index in [1.165, 1.54) is 24.9 Å². The number of ether oxygens (including phenoxy) is 3. The number of methoxy groups -OCH3 is 1. The summed E-state index contributed by atoms with van der Waals surface area (Å²) in [5.41, 5.74) is 11.6. The van der Waals surface area contributed by atoms with Crippen molar-refractivity contribution < 1.29 is 37.7 Å². The number of anilines is 1. The lowest BCUT2D eigenvalue weighted by atomic mass is 9.93. The van der Waals surface area contributed by atoms with Gasteiger partial charge in [0.2, 0.25) is 11.8 Å². The van der Waals surface area contributed by atoms with Crippen molar-refractivity contribution in [3.8, 4) is 11.6 Å². The maximum absolute atomic E-state index is 13.9. The van der Waals surface area contributed by atoms with Crippen molar-refractivity contribution in [2.24, 2.45) is 11.7 Å². The first-order valence-corrected chi connectivity index (χ1v) is 14.5. The number of rotatable bonds is 12. The van der Waals surface area contributed by atoms with Crippen LogP contribution in [0.15, 0.2) is 36.7 Å². The monoisotopic (exact) mass is 593 g/mol. The summed E-state index contributed by atoms with van der Waals surface area (Å²) in [5.74, 6) is -0.175. The van der Waals surface area contributed by atoms with E-state index in [9.17, 15) is 14.5 Å². The van der Waals surface area contributed by atoms with E-state index in [0.29, 0.717) is 5.52 Å². The highest BCUT2D eigenvalue weighted by Crippen LogP contribution is 2.47. The van der Waals surface area contributed by atoms with E-state index in [4.69, 9.17) is 34.7 Å². The van der Waals surface area contributed by atoms with Gasteiger partial charge in [0.15, 0.2) is 17.4 Å². The maximum Gasteiger partial charge on any atom is 0.459 e. The second-order valence-electron chi connectivity index (χ2n) is 10.3. The molecule has 0 aliphatic carbocycles. The van der Waals surface area contributed by atoms with Crippen molar-refractivity contribution in [3.63, 3.8) is 0 Å². The Hall–Kier alpha value is -3.33. The predicted molar refractivity (Wildman–Crippen MR) is 148 cm³/mol. The number of nitrogens with one attached hydrogen (secondary N) is 1. The summed E-state index contributed by atoms with van der Waals surface area (Å²) in [6.07, 6.45) is -1.92. The van der Waals surface area contributed by atoms with E-state index in [2.05, 4.69) is 20.0 Å². The Morgan fingerprint density at radius 1 is 1.27 bits per heavy atom. The van der Waals surface area contributed by atoms with Gasteiger partial charge in [0, 0.05) is 0 Å². The van der Waals surface area contributed by atoms with Crippen LogP contribution in [0.25, 0.3) is 11.2 Å². The summed E-state index contributed by atoms with van der Waals surface area (Å²) in [5, 5.41) is 13.7. The normalized spacial score (nSPS) is 24.7. The van der Waals surface area contributed by atoms with E-state index >= 15 is 0 Å². The minimum absolute atomic E-state index is 0.0561. The van der Waals surface area contributed by atoms with Crippen molar-refractivity contribution in [2.45, 2.75) is 57.7 Å². The number of carbonyl (C=O) groups is 1. The van der Waals surface area contributed by atoms with Crippen LogP contribution in [0, 0.1) is 5.92 Å². The Morgan fingerprint density at radius 3 is 2.63 bits per heavy atom. The first-order valence-electron chi connectivity index (χ1n) is 12.9. The Morgan fingerprint density at radius 2 is 1.98 bits per heavy atom. The number of hydrogen-bond donors (Lipinski definition) is 4. The highest BCUT2D eigenvalue weighted by atomic mass is 31.2. The lowest BCUT2D eigenvalue weighted by Gasteiger charge is -2.28. The number of fused-ring (bicyclic) bond motifs is 1. The number of para-hydroxylation sites is 1. The average Bonchev–Trinajstić information content (AvgIpc) is 3.43. The second-order valence-corrected chi connectivity index (χ2v) is 12.0. The molecule has 16 heteroatoms. The standard InChI is InChI=1S/C25H36N7O8P/c1-14(2)11-37-22(34)15(3)31-41(35,40-16-9-7-6-8-10-16)38-12-17-19(33)25(4,27)23(39-17)32-13-28-18-20(32)29-24(26)30-21(18)36-5/h6-10,13-15,17,19,23,33H,11-12,27H2,1-5H3,(H,31,35)(H2,26,29,30). The van der Waals surface area contributed by atoms with Crippen LogP contribution in [0.2, 0.25) is 0 Å². The molecule has 2 aromatic heterocycles. The van der Waals surface area contributed by atoms with Gasteiger partial charge in [-0.15, -0.1) is 0 Å². The molecule has 1 aliphatic heterocycles. The van der Waals surface area contributed by atoms with Crippen molar-refractivity contribution >= 4 is 30.8 Å². The van der Waals surface area contributed by atoms with E-state index in [1.54, 1.807) is 37.3 Å². The van der Waals surface area contributed by atoms with Gasteiger partial charge < -0.3 is 35.3 Å². The van der Waals surface area contributed by atoms with Gasteiger partial charge in [-0.05, 0) is 31.9 Å². The van der Waals surface area contributed by atoms with Crippen LogP contribution in [0.4, 0.5) is 5.95 Å². The molecule has 0 amide bonds. The van der Waals surface area contributed by atoms with Crippen LogP contribution in [0.5, 0.6) is 11.6 Å². The molecular weight excluding hydrogens is 557 g/mol. The number of imidazole rings is 1. The van der Waals surface area contributed by atoms with Gasteiger partial charge in [-0.3, -0.25) is 13.9 Å². The number of aliphatic hydroxyl groups is 1. The Labute approximate surface area is 237 Å². The zero-order valence-corrected chi connectivity index (χ0v) is 24.4. The fourth-order valence-corrected chi connectivity index (χ4v) is 5.70. The molecule has 1 saturated heterocycles. The highest BCUT2D eigenvalue weighted by molar-refractivity contribution is 7.52. The summed E-state index contributed by atoms with van der Waals surface area (Å²) in [6.45, 7) is 6.64. The van der Waals surface area contributed by atoms with Gasteiger partial charge >= 0.3 is 13.7 Å². The molecule has 6 unspecified atom stereocenters. The molecule has 0 saturated carbocycles. The SMILES string of the molecule is COc1nc(N)nc2c1ncn2C1OC(COP(=O)(NC(C)C(=O)OCC(C)C)Oc2ccccc2)C(O)C1(C)N. The van der Waals surface area contributed by atoms with Gasteiger partial charge in [0.25, 0.3) is 0 Å². The summed E-state index contributed by atoms with van der Waals surface area (Å²) < 4.78 is 43.4. The van der Waals surface area contributed by atoms with Crippen molar-refractivity contribution in [2.75, 3.05) is 26.1 Å². The first-order chi connectivity index (χ1) is 19.3. The van der Waals surface area contributed by atoms with E-state index in [1.807, 2.05) is 13.8 Å². The molecule has 3 heterocycles. The Bertz CT molecular complexity index is 1400. The fraction of sp³-hybridized carbons (Fsp3) is 0.520. The molecule has 6 atom stereocenters. The number of aliphatic hydroxyl groups excluding tert-OH is 1. The summed E-state index contributed by atoms with van der Waals surface area (Å²) >= 11 is 0. The molecule has 3 aromatic rings. The lowest BCUT2D eigenvalue weighted by Crippen LogP contribution is -2.52. The molecule has 6 N–H and O–H groups in total. The maximum atomic E-state index is 13.9. The molecule has 0 spiro atoms. The number of benzene rings is 1. The molecule has 1 fully saturated rings. The zero-order chi connectivity index (χ0) is 29.9. The van der Waals surface area contributed by atoms with Gasteiger partial charge in [-0.1, -0.05) is 32.0 Å². The highest BCUT2D eigenvalue weighted by Gasteiger charge is 2.53. The summed E-state index contributed by atoms with van der Waals surface area (Å²) in [4.78, 5) is 25.0. The zero-order valence-electron chi connectivity index (χ0n) is 23.5. The first kappa shape index (κ1) is 30.6.